The Morgan fingerprint density at radius 3 is 2.61 bits per heavy atom. The summed E-state index contributed by atoms with van der Waals surface area (Å²) in [6, 6.07) is 11.9. The number of aliphatic carboxylic acids is 1. The van der Waals surface area contributed by atoms with E-state index in [2.05, 4.69) is 15.9 Å². The normalized spacial score (nSPS) is 16.4. The Morgan fingerprint density at radius 1 is 1.08 bits per heavy atom. The van der Waals surface area contributed by atoms with Gasteiger partial charge >= 0.3 is 5.97 Å². The van der Waals surface area contributed by atoms with E-state index in [9.17, 15) is 9.90 Å². The van der Waals surface area contributed by atoms with Gasteiger partial charge in [0.05, 0.1) is 33.4 Å². The van der Waals surface area contributed by atoms with Gasteiger partial charge in [0.2, 0.25) is 0 Å². The van der Waals surface area contributed by atoms with E-state index in [0.717, 1.165) is 81.2 Å². The van der Waals surface area contributed by atoms with Crippen LogP contribution in [0.2, 0.25) is 10.0 Å². The molecule has 0 unspecified atom stereocenters. The van der Waals surface area contributed by atoms with Crippen LogP contribution >= 0.6 is 23.2 Å². The van der Waals surface area contributed by atoms with Crippen LogP contribution in [-0.4, -0.2) is 61.0 Å². The summed E-state index contributed by atoms with van der Waals surface area (Å²) in [5, 5.41) is 10.7. The molecule has 0 bridgehead atoms. The van der Waals surface area contributed by atoms with E-state index >= 15 is 0 Å². The summed E-state index contributed by atoms with van der Waals surface area (Å²) >= 11 is 12.6. The molecule has 0 aromatic heterocycles. The lowest BCUT2D eigenvalue weighted by Crippen LogP contribution is -2.46. The number of ether oxygens (including phenoxy) is 1. The fourth-order valence-electron chi connectivity index (χ4n) is 4.74. The van der Waals surface area contributed by atoms with Gasteiger partial charge in [-0.1, -0.05) is 35.3 Å². The van der Waals surface area contributed by atoms with Crippen molar-refractivity contribution < 1.29 is 14.6 Å². The molecule has 2 aliphatic heterocycles. The van der Waals surface area contributed by atoms with Gasteiger partial charge in [-0.05, 0) is 69.8 Å². The molecule has 2 heterocycles. The smallest absolute Gasteiger partial charge is 0.309 e. The zero-order chi connectivity index (χ0) is 25.7. The average molecular weight is 533 g/mol. The largest absolute Gasteiger partial charge is 0.494 e. The Labute approximate surface area is 223 Å². The van der Waals surface area contributed by atoms with E-state index in [4.69, 9.17) is 32.9 Å². The van der Waals surface area contributed by atoms with Gasteiger partial charge in [-0.3, -0.25) is 14.7 Å². The molecule has 8 heteroatoms. The number of piperazine rings is 1. The van der Waals surface area contributed by atoms with Crippen molar-refractivity contribution in [3.63, 3.8) is 0 Å². The highest BCUT2D eigenvalue weighted by Crippen LogP contribution is 2.34. The molecule has 0 radical (unpaired) electrons. The first-order valence-corrected chi connectivity index (χ1v) is 13.5. The van der Waals surface area contributed by atoms with Crippen LogP contribution in [0.1, 0.15) is 45.1 Å². The number of hydrogen-bond donors (Lipinski definition) is 1. The number of carbonyl (C=O) groups is 1. The number of carboxylic acids is 1. The summed E-state index contributed by atoms with van der Waals surface area (Å²) in [6.45, 7) is 9.12. The lowest BCUT2D eigenvalue weighted by atomic mass is 9.84. The van der Waals surface area contributed by atoms with Gasteiger partial charge in [0, 0.05) is 44.4 Å². The van der Waals surface area contributed by atoms with Gasteiger partial charge in [-0.25, -0.2) is 0 Å². The van der Waals surface area contributed by atoms with Gasteiger partial charge in [0.15, 0.2) is 0 Å². The zero-order valence-electron chi connectivity index (χ0n) is 21.1. The molecular formula is C28H35Cl2N3O3. The van der Waals surface area contributed by atoms with Crippen molar-refractivity contribution in [3.8, 4) is 5.75 Å². The quantitative estimate of drug-likeness (QED) is 0.354. The lowest BCUT2D eigenvalue weighted by Gasteiger charge is -2.36. The van der Waals surface area contributed by atoms with E-state index in [0.29, 0.717) is 23.1 Å². The van der Waals surface area contributed by atoms with Crippen molar-refractivity contribution in [3.05, 3.63) is 52.0 Å². The third-order valence-electron chi connectivity index (χ3n) is 7.02. The van der Waals surface area contributed by atoms with Gasteiger partial charge in [-0.2, -0.15) is 0 Å². The average Bonchev–Trinajstić information content (AvgIpc) is 2.85. The maximum Gasteiger partial charge on any atom is 0.309 e. The fraction of sp³-hybridized carbons (Fsp3) is 0.500. The van der Waals surface area contributed by atoms with Gasteiger partial charge in [0.25, 0.3) is 0 Å². The molecule has 0 aliphatic carbocycles. The predicted molar refractivity (Wildman–Crippen MR) is 148 cm³/mol. The molecular weight excluding hydrogens is 497 g/mol. The molecule has 1 fully saturated rings. The second-order valence-electron chi connectivity index (χ2n) is 10.3. The Hall–Kier alpha value is -2.28. The number of anilines is 1. The number of aryl methyl sites for hydroxylation is 1. The molecule has 0 atom stereocenters. The van der Waals surface area contributed by atoms with E-state index in [1.807, 2.05) is 30.3 Å². The fourth-order valence-corrected chi connectivity index (χ4v) is 5.16. The van der Waals surface area contributed by atoms with Crippen LogP contribution in [0.15, 0.2) is 41.4 Å². The summed E-state index contributed by atoms with van der Waals surface area (Å²) in [7, 11) is 0. The van der Waals surface area contributed by atoms with Gasteiger partial charge in [0.1, 0.15) is 5.75 Å². The number of unbranched alkanes of at least 4 members (excludes halogenated alkanes) is 1. The first kappa shape index (κ1) is 26.8. The Bertz CT molecular complexity index is 1110. The topological polar surface area (TPSA) is 65.4 Å². The second kappa shape index (κ2) is 11.8. The SMILES string of the molecule is CC(C)(CC1=Nc2cc(OCCCCN3CCN(c4cccc(Cl)c4Cl)CC3)ccc2CC1)C(=O)O. The minimum Gasteiger partial charge on any atom is -0.494 e. The highest BCUT2D eigenvalue weighted by atomic mass is 35.5. The Balaban J connectivity index is 1.19. The molecule has 194 valence electrons. The maximum absolute atomic E-state index is 11.5. The lowest BCUT2D eigenvalue weighted by molar-refractivity contribution is -0.146. The predicted octanol–water partition coefficient (Wildman–Crippen LogP) is 6.49. The van der Waals surface area contributed by atoms with Crippen LogP contribution < -0.4 is 9.64 Å². The van der Waals surface area contributed by atoms with E-state index in [1.54, 1.807) is 13.8 Å². The molecule has 6 nitrogen and oxygen atoms in total. The number of benzene rings is 2. The van der Waals surface area contributed by atoms with Crippen molar-refractivity contribution in [2.24, 2.45) is 10.4 Å². The van der Waals surface area contributed by atoms with E-state index in [1.165, 1.54) is 5.56 Å². The summed E-state index contributed by atoms with van der Waals surface area (Å²) < 4.78 is 6.02. The number of nitrogens with zero attached hydrogens (tertiary/aromatic N) is 3. The number of carboxylic acid groups (broad SMARTS) is 1. The monoisotopic (exact) mass is 531 g/mol. The molecule has 0 amide bonds. The number of rotatable bonds is 10. The third-order valence-corrected chi connectivity index (χ3v) is 7.83. The summed E-state index contributed by atoms with van der Waals surface area (Å²) in [4.78, 5) is 21.0. The van der Waals surface area contributed by atoms with Crippen LogP contribution in [-0.2, 0) is 11.2 Å². The number of aliphatic imine (C=N–C) groups is 1. The highest BCUT2D eigenvalue weighted by Gasteiger charge is 2.30. The van der Waals surface area contributed by atoms with E-state index < -0.39 is 11.4 Å². The van der Waals surface area contributed by atoms with Crippen LogP contribution in [0.4, 0.5) is 11.4 Å². The Kier molecular flexibility index (Phi) is 8.81. The minimum absolute atomic E-state index is 0.466. The first-order valence-electron chi connectivity index (χ1n) is 12.7. The van der Waals surface area contributed by atoms with Crippen LogP contribution in [0, 0.1) is 5.41 Å². The molecule has 2 aromatic rings. The van der Waals surface area contributed by atoms with Crippen molar-refractivity contribution in [1.29, 1.82) is 0 Å². The number of halogens is 2. The summed E-state index contributed by atoms with van der Waals surface area (Å²) in [5.74, 6) is 0.0312. The van der Waals surface area contributed by atoms with Crippen molar-refractivity contribution in [1.82, 2.24) is 4.90 Å². The zero-order valence-corrected chi connectivity index (χ0v) is 22.6. The van der Waals surface area contributed by atoms with E-state index in [-0.39, 0.29) is 0 Å². The molecule has 4 rings (SSSR count). The molecule has 1 N–H and O–H groups in total. The van der Waals surface area contributed by atoms with Crippen LogP contribution in [0.25, 0.3) is 0 Å². The maximum atomic E-state index is 11.5. The minimum atomic E-state index is -0.806. The van der Waals surface area contributed by atoms with Crippen molar-refractivity contribution >= 4 is 46.3 Å². The standard InChI is InChI=1S/C28H35Cl2N3O3/c1-28(2,27(34)35)19-21-10-8-20-9-11-22(18-24(20)31-21)36-17-4-3-12-32-13-15-33(16-14-32)25-7-5-6-23(29)26(25)30/h5-7,9,11,18H,3-4,8,10,12-17,19H2,1-2H3,(H,34,35). The number of fused-ring (bicyclic) bond motifs is 1. The van der Waals surface area contributed by atoms with Crippen molar-refractivity contribution in [2.75, 3.05) is 44.2 Å². The molecule has 2 aromatic carbocycles. The van der Waals surface area contributed by atoms with Gasteiger partial charge < -0.3 is 14.7 Å². The van der Waals surface area contributed by atoms with Crippen LogP contribution in [0.5, 0.6) is 5.75 Å². The molecule has 1 saturated heterocycles. The highest BCUT2D eigenvalue weighted by molar-refractivity contribution is 6.43. The molecule has 2 aliphatic rings. The summed E-state index contributed by atoms with van der Waals surface area (Å²) in [6.07, 6.45) is 4.23. The van der Waals surface area contributed by atoms with Gasteiger partial charge in [-0.15, -0.1) is 0 Å². The third kappa shape index (κ3) is 6.72. The molecule has 36 heavy (non-hydrogen) atoms. The number of hydrogen-bond acceptors (Lipinski definition) is 5. The Morgan fingerprint density at radius 2 is 1.86 bits per heavy atom. The second-order valence-corrected chi connectivity index (χ2v) is 11.1. The van der Waals surface area contributed by atoms with Crippen LogP contribution in [0.3, 0.4) is 0 Å². The molecule has 0 saturated carbocycles. The van der Waals surface area contributed by atoms with Crippen molar-refractivity contribution in [2.45, 2.75) is 46.0 Å². The summed E-state index contributed by atoms with van der Waals surface area (Å²) in [5.41, 5.74) is 3.26. The molecule has 0 spiro atoms. The first-order chi connectivity index (χ1) is 17.2.